The number of aliphatic imine (C=N–C) groups is 2. The molecule has 0 bridgehead atoms. The van der Waals surface area contributed by atoms with Gasteiger partial charge in [-0.05, 0) is 26.7 Å². The SMILES string of the molecule is CCNC1=NC(NC(C)C(C)C)N(S(=O)(=O)O)C(C)=N1. The molecule has 8 nitrogen and oxygen atoms in total. The van der Waals surface area contributed by atoms with E-state index in [2.05, 4.69) is 20.6 Å². The highest BCUT2D eigenvalue weighted by atomic mass is 32.2. The summed E-state index contributed by atoms with van der Waals surface area (Å²) in [7, 11) is -4.43. The van der Waals surface area contributed by atoms with Crippen molar-refractivity contribution in [2.24, 2.45) is 15.9 Å². The van der Waals surface area contributed by atoms with Crippen LogP contribution in [0.15, 0.2) is 9.98 Å². The number of rotatable bonds is 5. The van der Waals surface area contributed by atoms with Gasteiger partial charge in [0.05, 0.1) is 0 Å². The number of nitrogens with one attached hydrogen (secondary N) is 2. The Bertz CT molecular complexity index is 500. The minimum absolute atomic E-state index is 0.0155. The van der Waals surface area contributed by atoms with E-state index in [0.29, 0.717) is 12.5 Å². The van der Waals surface area contributed by atoms with E-state index in [4.69, 9.17) is 0 Å². The van der Waals surface area contributed by atoms with Gasteiger partial charge < -0.3 is 5.32 Å². The fourth-order valence-electron chi connectivity index (χ4n) is 1.65. The molecule has 2 atom stereocenters. The van der Waals surface area contributed by atoms with Crippen molar-refractivity contribution in [2.75, 3.05) is 6.54 Å². The van der Waals surface area contributed by atoms with Crippen LogP contribution in [0.1, 0.15) is 34.6 Å². The molecule has 9 heteroatoms. The van der Waals surface area contributed by atoms with E-state index < -0.39 is 16.6 Å². The average molecular weight is 305 g/mol. The van der Waals surface area contributed by atoms with Crippen LogP contribution < -0.4 is 10.6 Å². The molecule has 1 aliphatic heterocycles. The summed E-state index contributed by atoms with van der Waals surface area (Å²) in [5, 5.41) is 6.01. The van der Waals surface area contributed by atoms with Gasteiger partial charge in [0.25, 0.3) is 0 Å². The molecule has 0 aromatic rings. The Morgan fingerprint density at radius 1 is 1.40 bits per heavy atom. The monoisotopic (exact) mass is 305 g/mol. The molecule has 0 aliphatic carbocycles. The molecule has 1 rings (SSSR count). The highest BCUT2D eigenvalue weighted by Crippen LogP contribution is 2.14. The van der Waals surface area contributed by atoms with Crippen molar-refractivity contribution in [3.63, 3.8) is 0 Å². The fourth-order valence-corrected chi connectivity index (χ4v) is 2.38. The maximum Gasteiger partial charge on any atom is 0.363 e. The molecular formula is C11H23N5O3S. The van der Waals surface area contributed by atoms with Crippen LogP contribution in [0.5, 0.6) is 0 Å². The van der Waals surface area contributed by atoms with Crippen LogP contribution in [0.25, 0.3) is 0 Å². The quantitative estimate of drug-likeness (QED) is 0.638. The molecule has 20 heavy (non-hydrogen) atoms. The van der Waals surface area contributed by atoms with Crippen molar-refractivity contribution in [3.05, 3.63) is 0 Å². The molecule has 0 aromatic heterocycles. The third-order valence-electron chi connectivity index (χ3n) is 3.05. The lowest BCUT2D eigenvalue weighted by atomic mass is 10.1. The van der Waals surface area contributed by atoms with Crippen LogP contribution in [-0.4, -0.2) is 47.9 Å². The van der Waals surface area contributed by atoms with Gasteiger partial charge in [-0.2, -0.15) is 17.7 Å². The lowest BCUT2D eigenvalue weighted by Gasteiger charge is -2.33. The summed E-state index contributed by atoms with van der Waals surface area (Å²) in [5.74, 6) is 0.792. The summed E-state index contributed by atoms with van der Waals surface area (Å²) in [6.07, 6.45) is -0.908. The van der Waals surface area contributed by atoms with Crippen molar-refractivity contribution in [3.8, 4) is 0 Å². The molecule has 1 heterocycles. The average Bonchev–Trinajstić information content (AvgIpc) is 2.26. The summed E-state index contributed by atoms with van der Waals surface area (Å²) >= 11 is 0. The van der Waals surface area contributed by atoms with Gasteiger partial charge in [-0.1, -0.05) is 13.8 Å². The van der Waals surface area contributed by atoms with E-state index in [1.807, 2.05) is 27.7 Å². The van der Waals surface area contributed by atoms with E-state index in [1.165, 1.54) is 6.92 Å². The lowest BCUT2D eigenvalue weighted by Crippen LogP contribution is -2.56. The first-order valence-electron chi connectivity index (χ1n) is 6.56. The van der Waals surface area contributed by atoms with Crippen LogP contribution >= 0.6 is 0 Å². The van der Waals surface area contributed by atoms with E-state index in [9.17, 15) is 13.0 Å². The molecule has 2 unspecified atom stereocenters. The molecule has 0 amide bonds. The van der Waals surface area contributed by atoms with Gasteiger partial charge in [0.2, 0.25) is 5.96 Å². The largest absolute Gasteiger partial charge is 0.363 e. The van der Waals surface area contributed by atoms with E-state index >= 15 is 0 Å². The predicted octanol–water partition coefficient (Wildman–Crippen LogP) is 0.406. The zero-order chi connectivity index (χ0) is 15.5. The third kappa shape index (κ3) is 4.15. The minimum Gasteiger partial charge on any atom is -0.355 e. The second-order valence-electron chi connectivity index (χ2n) is 4.99. The first-order valence-corrected chi connectivity index (χ1v) is 7.96. The van der Waals surface area contributed by atoms with Crippen LogP contribution in [0.3, 0.4) is 0 Å². The van der Waals surface area contributed by atoms with Crippen LogP contribution in [0, 0.1) is 5.92 Å². The van der Waals surface area contributed by atoms with Crippen LogP contribution in [0.4, 0.5) is 0 Å². The number of nitrogens with zero attached hydrogens (tertiary/aromatic N) is 3. The van der Waals surface area contributed by atoms with E-state index in [1.54, 1.807) is 0 Å². The Morgan fingerprint density at radius 3 is 2.45 bits per heavy atom. The zero-order valence-corrected chi connectivity index (χ0v) is 13.3. The molecule has 0 fully saturated rings. The van der Waals surface area contributed by atoms with Gasteiger partial charge in [-0.25, -0.2) is 4.99 Å². The smallest absolute Gasteiger partial charge is 0.355 e. The van der Waals surface area contributed by atoms with Crippen LogP contribution in [-0.2, 0) is 10.3 Å². The highest BCUT2D eigenvalue weighted by Gasteiger charge is 2.34. The van der Waals surface area contributed by atoms with Crippen molar-refractivity contribution >= 4 is 22.1 Å². The molecule has 0 aromatic carbocycles. The first kappa shape index (κ1) is 16.9. The summed E-state index contributed by atoms with van der Waals surface area (Å²) in [4.78, 5) is 8.21. The molecule has 1 aliphatic rings. The first-order chi connectivity index (χ1) is 9.16. The Balaban J connectivity index is 3.08. The molecule has 116 valence electrons. The second kappa shape index (κ2) is 6.51. The zero-order valence-electron chi connectivity index (χ0n) is 12.5. The van der Waals surface area contributed by atoms with E-state index in [0.717, 1.165) is 4.31 Å². The Hall–Kier alpha value is -1.19. The summed E-state index contributed by atoms with van der Waals surface area (Å²) in [6, 6.07) is 0.0155. The maximum atomic E-state index is 11.5. The number of guanidine groups is 1. The third-order valence-corrected chi connectivity index (χ3v) is 4.01. The molecule has 0 saturated heterocycles. The van der Waals surface area contributed by atoms with Gasteiger partial charge >= 0.3 is 10.3 Å². The van der Waals surface area contributed by atoms with Crippen molar-refractivity contribution in [1.29, 1.82) is 0 Å². The molecule has 0 saturated carbocycles. The van der Waals surface area contributed by atoms with Gasteiger partial charge in [-0.3, -0.25) is 9.87 Å². The molecular weight excluding hydrogens is 282 g/mol. The molecule has 3 N–H and O–H groups in total. The summed E-state index contributed by atoms with van der Waals surface area (Å²) in [6.45, 7) is 9.96. The van der Waals surface area contributed by atoms with E-state index in [-0.39, 0.29) is 17.8 Å². The number of hydrogen-bond acceptors (Lipinski definition) is 6. The summed E-state index contributed by atoms with van der Waals surface area (Å²) in [5.41, 5.74) is 0. The topological polar surface area (TPSA) is 106 Å². The van der Waals surface area contributed by atoms with Crippen molar-refractivity contribution < 1.29 is 13.0 Å². The van der Waals surface area contributed by atoms with Crippen LogP contribution in [0.2, 0.25) is 0 Å². The van der Waals surface area contributed by atoms with Gasteiger partial charge in [0.15, 0.2) is 6.29 Å². The molecule has 0 radical (unpaired) electrons. The Kier molecular flexibility index (Phi) is 5.49. The predicted molar refractivity (Wildman–Crippen MR) is 78.8 cm³/mol. The fraction of sp³-hybridized carbons (Fsp3) is 0.818. The van der Waals surface area contributed by atoms with Gasteiger partial charge in [0.1, 0.15) is 5.84 Å². The Labute approximate surface area is 120 Å². The molecule has 0 spiro atoms. The normalized spacial score (nSPS) is 21.6. The van der Waals surface area contributed by atoms with Crippen molar-refractivity contribution in [2.45, 2.75) is 47.0 Å². The number of hydrogen-bond donors (Lipinski definition) is 3. The minimum atomic E-state index is -4.43. The Morgan fingerprint density at radius 2 is 2.00 bits per heavy atom. The lowest BCUT2D eigenvalue weighted by molar-refractivity contribution is 0.281. The highest BCUT2D eigenvalue weighted by molar-refractivity contribution is 7.84. The standard InChI is InChI=1S/C11H23N5O3S/c1-6-12-10-14-9(5)16(20(17,18)19)11(15-10)13-8(4)7(2)3/h7-8,11,13H,6H2,1-5H3,(H,12,15)(H,17,18,19). The van der Waals surface area contributed by atoms with Gasteiger partial charge in [0, 0.05) is 12.6 Å². The summed E-state index contributed by atoms with van der Waals surface area (Å²) < 4.78 is 33.1. The maximum absolute atomic E-state index is 11.5. The van der Waals surface area contributed by atoms with Crippen molar-refractivity contribution in [1.82, 2.24) is 14.9 Å². The van der Waals surface area contributed by atoms with Gasteiger partial charge in [-0.15, -0.1) is 0 Å². The number of amidine groups is 1. The second-order valence-corrected chi connectivity index (χ2v) is 6.28.